The van der Waals surface area contributed by atoms with E-state index in [1.165, 1.54) is 36.3 Å². The molecule has 2 aromatic rings. The van der Waals surface area contributed by atoms with Crippen molar-refractivity contribution in [3.8, 4) is 0 Å². The summed E-state index contributed by atoms with van der Waals surface area (Å²) in [7, 11) is 1.28. The zero-order chi connectivity index (χ0) is 19.6. The largest absolute Gasteiger partial charge is 0.465 e. The van der Waals surface area contributed by atoms with E-state index in [9.17, 15) is 19.7 Å². The lowest BCUT2D eigenvalue weighted by atomic mass is 10.1. The van der Waals surface area contributed by atoms with Crippen molar-refractivity contribution in [1.82, 2.24) is 0 Å². The van der Waals surface area contributed by atoms with E-state index in [-0.39, 0.29) is 16.5 Å². The van der Waals surface area contributed by atoms with Gasteiger partial charge in [-0.05, 0) is 36.4 Å². The van der Waals surface area contributed by atoms with Gasteiger partial charge in [-0.2, -0.15) is 0 Å². The van der Waals surface area contributed by atoms with Crippen molar-refractivity contribution in [2.45, 2.75) is 0 Å². The molecule has 1 aliphatic rings. The van der Waals surface area contributed by atoms with Gasteiger partial charge in [0.1, 0.15) is 0 Å². The molecule has 0 bridgehead atoms. The summed E-state index contributed by atoms with van der Waals surface area (Å²) in [6.45, 7) is 0. The van der Waals surface area contributed by atoms with Gasteiger partial charge in [0.05, 0.1) is 33.8 Å². The molecule has 0 aromatic heterocycles. The third-order valence-corrected chi connectivity index (χ3v) is 5.06. The number of anilines is 1. The number of para-hydroxylation sites is 1. The lowest BCUT2D eigenvalue weighted by Crippen LogP contribution is -2.27. The second-order valence-corrected chi connectivity index (χ2v) is 7.05. The molecule has 0 saturated carbocycles. The van der Waals surface area contributed by atoms with Crippen molar-refractivity contribution >= 4 is 57.6 Å². The molecule has 0 unspecified atom stereocenters. The van der Waals surface area contributed by atoms with Crippen LogP contribution in [0.5, 0.6) is 0 Å². The van der Waals surface area contributed by atoms with Crippen molar-refractivity contribution in [2.75, 3.05) is 12.0 Å². The lowest BCUT2D eigenvalue weighted by Gasteiger charge is -2.14. The fourth-order valence-electron chi connectivity index (χ4n) is 2.47. The van der Waals surface area contributed by atoms with Crippen molar-refractivity contribution in [1.29, 1.82) is 0 Å². The first-order valence-electron chi connectivity index (χ1n) is 7.62. The number of esters is 1. The molecule has 0 atom stereocenters. The van der Waals surface area contributed by atoms with E-state index in [0.29, 0.717) is 21.1 Å². The lowest BCUT2D eigenvalue weighted by molar-refractivity contribution is -0.385. The van der Waals surface area contributed by atoms with Gasteiger partial charge < -0.3 is 4.74 Å². The van der Waals surface area contributed by atoms with E-state index in [0.717, 1.165) is 11.8 Å². The van der Waals surface area contributed by atoms with Gasteiger partial charge >= 0.3 is 5.97 Å². The average Bonchev–Trinajstić information content (AvgIpc) is 2.95. The first-order chi connectivity index (χ1) is 12.9. The number of hydrogen-bond donors (Lipinski definition) is 0. The second-order valence-electron chi connectivity index (χ2n) is 5.37. The molecule has 1 saturated heterocycles. The third kappa shape index (κ3) is 3.74. The number of benzene rings is 2. The Hall–Kier alpha value is -3.04. The van der Waals surface area contributed by atoms with Crippen molar-refractivity contribution in [3.63, 3.8) is 0 Å². The van der Waals surface area contributed by atoms with Crippen LogP contribution >= 0.6 is 24.0 Å². The molecule has 0 aliphatic carbocycles. The zero-order valence-electron chi connectivity index (χ0n) is 13.9. The van der Waals surface area contributed by atoms with E-state index in [1.54, 1.807) is 30.3 Å². The molecule has 0 radical (unpaired) electrons. The molecule has 27 heavy (non-hydrogen) atoms. The highest BCUT2D eigenvalue weighted by atomic mass is 32.2. The number of carbonyl (C=O) groups excluding carboxylic acids is 2. The van der Waals surface area contributed by atoms with Crippen LogP contribution in [-0.2, 0) is 9.53 Å². The molecule has 2 aromatic carbocycles. The van der Waals surface area contributed by atoms with Crippen LogP contribution in [0.2, 0.25) is 0 Å². The average molecular weight is 400 g/mol. The number of thiocarbonyl (C=S) groups is 1. The van der Waals surface area contributed by atoms with Gasteiger partial charge in [0.2, 0.25) is 0 Å². The van der Waals surface area contributed by atoms with E-state index in [2.05, 4.69) is 4.74 Å². The summed E-state index contributed by atoms with van der Waals surface area (Å²) in [5, 5.41) is 11.1. The molecule has 0 N–H and O–H groups in total. The number of thioether (sulfide) groups is 1. The number of amides is 1. The summed E-state index contributed by atoms with van der Waals surface area (Å²) < 4.78 is 4.95. The zero-order valence-corrected chi connectivity index (χ0v) is 15.6. The van der Waals surface area contributed by atoms with Crippen LogP contribution in [0.15, 0.2) is 53.4 Å². The number of nitrogens with zero attached hydrogens (tertiary/aromatic N) is 2. The summed E-state index contributed by atoms with van der Waals surface area (Å²) in [6.07, 6.45) is 1.46. The maximum Gasteiger partial charge on any atom is 0.337 e. The van der Waals surface area contributed by atoms with Gasteiger partial charge in [-0.1, -0.05) is 36.1 Å². The Kier molecular flexibility index (Phi) is 5.33. The molecule has 1 amide bonds. The topological polar surface area (TPSA) is 89.8 Å². The van der Waals surface area contributed by atoms with Crippen molar-refractivity contribution in [3.05, 3.63) is 74.7 Å². The number of nitro benzene ring substituents is 1. The fraction of sp³-hybridized carbons (Fsp3) is 0.0556. The monoisotopic (exact) mass is 400 g/mol. The molecule has 3 rings (SSSR count). The number of hydrogen-bond acceptors (Lipinski definition) is 7. The van der Waals surface area contributed by atoms with Crippen LogP contribution in [0, 0.1) is 10.1 Å². The molecule has 1 aliphatic heterocycles. The highest BCUT2D eigenvalue weighted by Gasteiger charge is 2.33. The third-order valence-electron chi connectivity index (χ3n) is 3.76. The predicted octanol–water partition coefficient (Wildman–Crippen LogP) is 3.79. The second kappa shape index (κ2) is 7.68. The summed E-state index contributed by atoms with van der Waals surface area (Å²) in [6, 6.07) is 12.4. The minimum absolute atomic E-state index is 0.0924. The first kappa shape index (κ1) is 18.7. The molecular weight excluding hydrogens is 388 g/mol. The number of ether oxygens (including phenoxy) is 1. The van der Waals surface area contributed by atoms with E-state index in [1.807, 2.05) is 0 Å². The maximum absolute atomic E-state index is 12.8. The number of rotatable bonds is 4. The van der Waals surface area contributed by atoms with E-state index < -0.39 is 10.9 Å². The normalized spacial score (nSPS) is 15.3. The van der Waals surface area contributed by atoms with Crippen LogP contribution < -0.4 is 4.90 Å². The number of methoxy groups -OCH3 is 1. The van der Waals surface area contributed by atoms with Crippen LogP contribution in [0.1, 0.15) is 15.9 Å². The molecule has 1 heterocycles. The Morgan fingerprint density at radius 1 is 1.22 bits per heavy atom. The van der Waals surface area contributed by atoms with E-state index in [4.69, 9.17) is 12.2 Å². The van der Waals surface area contributed by atoms with E-state index >= 15 is 0 Å². The molecule has 7 nitrogen and oxygen atoms in total. The SMILES string of the molecule is COC(=O)c1ccc(N2C(=O)/C(=C/c3ccccc3[N+](=O)[O-])SC2=S)cc1. The van der Waals surface area contributed by atoms with Gasteiger partial charge in [-0.15, -0.1) is 0 Å². The number of nitro groups is 1. The smallest absolute Gasteiger partial charge is 0.337 e. The Bertz CT molecular complexity index is 986. The highest BCUT2D eigenvalue weighted by molar-refractivity contribution is 8.27. The van der Waals surface area contributed by atoms with Gasteiger partial charge in [-0.3, -0.25) is 19.8 Å². The first-order valence-corrected chi connectivity index (χ1v) is 8.84. The maximum atomic E-state index is 12.8. The van der Waals surface area contributed by atoms with Crippen molar-refractivity contribution in [2.24, 2.45) is 0 Å². The quantitative estimate of drug-likeness (QED) is 0.254. The van der Waals surface area contributed by atoms with Crippen LogP contribution in [0.3, 0.4) is 0 Å². The fourth-order valence-corrected chi connectivity index (χ4v) is 3.76. The molecule has 1 fully saturated rings. The molecule has 136 valence electrons. The van der Waals surface area contributed by atoms with Crippen molar-refractivity contribution < 1.29 is 19.2 Å². The Morgan fingerprint density at radius 3 is 2.52 bits per heavy atom. The predicted molar refractivity (Wildman–Crippen MR) is 107 cm³/mol. The standard InChI is InChI=1S/C18H12N2O5S2/c1-25-17(22)11-6-8-13(9-7-11)19-16(21)15(27-18(19)26)10-12-4-2-3-5-14(12)20(23)24/h2-10H,1H3/b15-10-. The summed E-state index contributed by atoms with van der Waals surface area (Å²) in [4.78, 5) is 36.5. The minimum Gasteiger partial charge on any atom is -0.465 e. The van der Waals surface area contributed by atoms with Gasteiger partial charge in [0, 0.05) is 6.07 Å². The minimum atomic E-state index is -0.502. The summed E-state index contributed by atoms with van der Waals surface area (Å²) in [5.74, 6) is -0.864. The molecule has 9 heteroatoms. The molecule has 0 spiro atoms. The van der Waals surface area contributed by atoms with Gasteiger partial charge in [0.25, 0.3) is 11.6 Å². The van der Waals surface area contributed by atoms with Crippen LogP contribution in [0.25, 0.3) is 6.08 Å². The summed E-state index contributed by atoms with van der Waals surface area (Å²) in [5.41, 5.74) is 1.08. The highest BCUT2D eigenvalue weighted by Crippen LogP contribution is 2.37. The Labute approximate surface area is 163 Å². The Morgan fingerprint density at radius 2 is 1.89 bits per heavy atom. The van der Waals surface area contributed by atoms with Crippen LogP contribution in [-0.4, -0.2) is 28.2 Å². The van der Waals surface area contributed by atoms with Crippen LogP contribution in [0.4, 0.5) is 11.4 Å². The van der Waals surface area contributed by atoms with Gasteiger partial charge in [-0.25, -0.2) is 4.79 Å². The summed E-state index contributed by atoms with van der Waals surface area (Å²) >= 11 is 6.35. The molecular formula is C18H12N2O5S2. The van der Waals surface area contributed by atoms with Gasteiger partial charge in [0.15, 0.2) is 4.32 Å². The number of carbonyl (C=O) groups is 2. The Balaban J connectivity index is 1.92.